The van der Waals surface area contributed by atoms with Gasteiger partial charge in [-0.3, -0.25) is 4.79 Å². The highest BCUT2D eigenvalue weighted by Gasteiger charge is 2.20. The molecule has 0 unspecified atom stereocenters. The first-order valence-corrected chi connectivity index (χ1v) is 7.96. The van der Waals surface area contributed by atoms with Crippen LogP contribution in [-0.4, -0.2) is 30.8 Å². The minimum absolute atomic E-state index is 0.144. The molecule has 25 heavy (non-hydrogen) atoms. The van der Waals surface area contributed by atoms with Gasteiger partial charge in [-0.2, -0.15) is 0 Å². The minimum atomic E-state index is -0.517. The molecule has 0 aliphatic heterocycles. The number of nitrogens with one attached hydrogen (secondary N) is 2. The molecule has 132 valence electrons. The van der Waals surface area contributed by atoms with Crippen LogP contribution in [-0.2, 0) is 16.0 Å². The van der Waals surface area contributed by atoms with Crippen LogP contribution in [0, 0.1) is 12.8 Å². The second-order valence-corrected chi connectivity index (χ2v) is 5.74. The van der Waals surface area contributed by atoms with E-state index in [9.17, 15) is 14.7 Å². The molecule has 0 saturated heterocycles. The van der Waals surface area contributed by atoms with Gasteiger partial charge in [0.25, 0.3) is 0 Å². The second-order valence-electron chi connectivity index (χ2n) is 5.74. The van der Waals surface area contributed by atoms with Crippen molar-refractivity contribution in [3.63, 3.8) is 0 Å². The number of amides is 2. The predicted octanol–water partition coefficient (Wildman–Crippen LogP) is 2.85. The number of aromatic hydroxyl groups is 1. The molecule has 0 radical (unpaired) electrons. The number of rotatable bonds is 6. The van der Waals surface area contributed by atoms with Crippen molar-refractivity contribution in [2.75, 3.05) is 19.0 Å². The SMILES string of the molecule is COC(=O)[C@@H](CNC(=O)Nc1ccccc1C)Cc1ccc(O)cc1. The lowest BCUT2D eigenvalue weighted by Gasteiger charge is -2.16. The smallest absolute Gasteiger partial charge is 0.319 e. The number of methoxy groups -OCH3 is 1. The van der Waals surface area contributed by atoms with E-state index in [4.69, 9.17) is 4.74 Å². The molecule has 1 atom stereocenters. The summed E-state index contributed by atoms with van der Waals surface area (Å²) in [5, 5.41) is 14.8. The second kappa shape index (κ2) is 8.73. The summed E-state index contributed by atoms with van der Waals surface area (Å²) in [5.41, 5.74) is 2.54. The van der Waals surface area contributed by atoms with Crippen LogP contribution in [0.2, 0.25) is 0 Å². The predicted molar refractivity (Wildman–Crippen MR) is 95.5 cm³/mol. The van der Waals surface area contributed by atoms with Crippen molar-refractivity contribution in [2.24, 2.45) is 5.92 Å². The van der Waals surface area contributed by atoms with Gasteiger partial charge in [-0.05, 0) is 42.7 Å². The molecule has 0 fully saturated rings. The molecule has 2 aromatic carbocycles. The summed E-state index contributed by atoms with van der Waals surface area (Å²) in [6.07, 6.45) is 0.400. The molecule has 0 saturated carbocycles. The fraction of sp³-hybridized carbons (Fsp3) is 0.263. The van der Waals surface area contributed by atoms with Crippen LogP contribution in [0.3, 0.4) is 0 Å². The zero-order valence-corrected chi connectivity index (χ0v) is 14.3. The maximum Gasteiger partial charge on any atom is 0.319 e. The summed E-state index contributed by atoms with van der Waals surface area (Å²) in [6, 6.07) is 13.6. The molecule has 0 heterocycles. The quantitative estimate of drug-likeness (QED) is 0.705. The van der Waals surface area contributed by atoms with Crippen molar-refractivity contribution in [2.45, 2.75) is 13.3 Å². The van der Waals surface area contributed by atoms with Crippen LogP contribution >= 0.6 is 0 Å². The number of esters is 1. The van der Waals surface area contributed by atoms with Gasteiger partial charge in [0.05, 0.1) is 13.0 Å². The third-order valence-electron chi connectivity index (χ3n) is 3.86. The normalized spacial score (nSPS) is 11.4. The summed E-state index contributed by atoms with van der Waals surface area (Å²) in [5.74, 6) is -0.754. The number of hydrogen-bond acceptors (Lipinski definition) is 4. The highest BCUT2D eigenvalue weighted by Crippen LogP contribution is 2.15. The van der Waals surface area contributed by atoms with E-state index in [0.717, 1.165) is 11.1 Å². The molecule has 0 aromatic heterocycles. The molecule has 6 heteroatoms. The lowest BCUT2D eigenvalue weighted by Crippen LogP contribution is -2.37. The Hall–Kier alpha value is -3.02. The average Bonchev–Trinajstić information content (AvgIpc) is 2.61. The maximum atomic E-state index is 12.1. The lowest BCUT2D eigenvalue weighted by atomic mass is 9.99. The molecule has 2 rings (SSSR count). The number of benzene rings is 2. The number of hydrogen-bond donors (Lipinski definition) is 3. The number of phenolic OH excluding ortho intramolecular Hbond substituents is 1. The number of phenols is 1. The molecule has 0 aliphatic carbocycles. The number of urea groups is 1. The van der Waals surface area contributed by atoms with E-state index >= 15 is 0 Å². The Morgan fingerprint density at radius 2 is 1.80 bits per heavy atom. The molecule has 0 spiro atoms. The van der Waals surface area contributed by atoms with Gasteiger partial charge < -0.3 is 20.5 Å². The van der Waals surface area contributed by atoms with Gasteiger partial charge in [0.15, 0.2) is 0 Å². The fourth-order valence-electron chi connectivity index (χ4n) is 2.42. The van der Waals surface area contributed by atoms with Gasteiger partial charge in [-0.25, -0.2) is 4.79 Å². The van der Waals surface area contributed by atoms with Gasteiger partial charge >= 0.3 is 12.0 Å². The molecule has 3 N–H and O–H groups in total. The fourth-order valence-corrected chi connectivity index (χ4v) is 2.42. The molecule has 0 aliphatic rings. The molecule has 0 bridgehead atoms. The summed E-state index contributed by atoms with van der Waals surface area (Å²) in [6.45, 7) is 2.04. The Bertz CT molecular complexity index is 728. The van der Waals surface area contributed by atoms with Crippen LogP contribution < -0.4 is 10.6 Å². The van der Waals surface area contributed by atoms with E-state index in [1.807, 2.05) is 31.2 Å². The Morgan fingerprint density at radius 1 is 1.12 bits per heavy atom. The first-order valence-electron chi connectivity index (χ1n) is 7.96. The van der Waals surface area contributed by atoms with E-state index in [2.05, 4.69) is 10.6 Å². The Balaban J connectivity index is 1.95. The maximum absolute atomic E-state index is 12.1. The van der Waals surface area contributed by atoms with Crippen molar-refractivity contribution >= 4 is 17.7 Å². The number of carbonyl (C=O) groups is 2. The number of aryl methyl sites for hydroxylation is 1. The first kappa shape index (κ1) is 18.3. The van der Waals surface area contributed by atoms with Crippen LogP contribution in [0.1, 0.15) is 11.1 Å². The van der Waals surface area contributed by atoms with Crippen molar-refractivity contribution < 1.29 is 19.4 Å². The first-order chi connectivity index (χ1) is 12.0. The van der Waals surface area contributed by atoms with Gasteiger partial charge in [-0.15, -0.1) is 0 Å². The largest absolute Gasteiger partial charge is 0.508 e. The number of carbonyl (C=O) groups excluding carboxylic acids is 2. The topological polar surface area (TPSA) is 87.7 Å². The molecule has 2 aromatic rings. The summed E-state index contributed by atoms with van der Waals surface area (Å²) < 4.78 is 4.82. The molecular formula is C19H22N2O4. The monoisotopic (exact) mass is 342 g/mol. The highest BCUT2D eigenvalue weighted by molar-refractivity contribution is 5.90. The van der Waals surface area contributed by atoms with E-state index < -0.39 is 11.9 Å². The lowest BCUT2D eigenvalue weighted by molar-refractivity contribution is -0.145. The van der Waals surface area contributed by atoms with Gasteiger partial charge in [0, 0.05) is 12.2 Å². The van der Waals surface area contributed by atoms with Crippen LogP contribution in [0.5, 0.6) is 5.75 Å². The van der Waals surface area contributed by atoms with Crippen molar-refractivity contribution in [3.05, 3.63) is 59.7 Å². The van der Waals surface area contributed by atoms with Crippen molar-refractivity contribution in [1.29, 1.82) is 0 Å². The number of anilines is 1. The number of para-hydroxylation sites is 1. The van der Waals surface area contributed by atoms with Crippen molar-refractivity contribution in [1.82, 2.24) is 5.32 Å². The Kier molecular flexibility index (Phi) is 6.39. The summed E-state index contributed by atoms with van der Waals surface area (Å²) >= 11 is 0. The molecular weight excluding hydrogens is 320 g/mol. The van der Waals surface area contributed by atoms with E-state index in [1.54, 1.807) is 24.3 Å². The molecule has 2 amide bonds. The van der Waals surface area contributed by atoms with Gasteiger partial charge in [-0.1, -0.05) is 30.3 Å². The Morgan fingerprint density at radius 3 is 2.44 bits per heavy atom. The van der Waals surface area contributed by atoms with Crippen LogP contribution in [0.4, 0.5) is 10.5 Å². The van der Waals surface area contributed by atoms with Gasteiger partial charge in [0.1, 0.15) is 5.75 Å². The number of ether oxygens (including phenoxy) is 1. The highest BCUT2D eigenvalue weighted by atomic mass is 16.5. The van der Waals surface area contributed by atoms with E-state index in [1.165, 1.54) is 7.11 Å². The third kappa shape index (κ3) is 5.53. The van der Waals surface area contributed by atoms with Crippen LogP contribution in [0.25, 0.3) is 0 Å². The average molecular weight is 342 g/mol. The molecule has 6 nitrogen and oxygen atoms in total. The minimum Gasteiger partial charge on any atom is -0.508 e. The standard InChI is InChI=1S/C19H22N2O4/c1-13-5-3-4-6-17(13)21-19(24)20-12-15(18(23)25-2)11-14-7-9-16(22)10-8-14/h3-10,15,22H,11-12H2,1-2H3,(H2,20,21,24)/t15-/m1/s1. The van der Waals surface area contributed by atoms with Crippen LogP contribution in [0.15, 0.2) is 48.5 Å². The zero-order valence-electron chi connectivity index (χ0n) is 14.3. The Labute approximate surface area is 146 Å². The van der Waals surface area contributed by atoms with E-state index in [0.29, 0.717) is 12.1 Å². The van der Waals surface area contributed by atoms with Gasteiger partial charge in [0.2, 0.25) is 0 Å². The van der Waals surface area contributed by atoms with E-state index in [-0.39, 0.29) is 18.3 Å². The third-order valence-corrected chi connectivity index (χ3v) is 3.86. The zero-order chi connectivity index (χ0) is 18.2. The summed E-state index contributed by atoms with van der Waals surface area (Å²) in [4.78, 5) is 24.0. The summed E-state index contributed by atoms with van der Waals surface area (Å²) in [7, 11) is 1.32. The van der Waals surface area contributed by atoms with Crippen molar-refractivity contribution in [3.8, 4) is 5.75 Å².